The van der Waals surface area contributed by atoms with Gasteiger partial charge in [-0.15, -0.1) is 0 Å². The molecule has 0 saturated carbocycles. The van der Waals surface area contributed by atoms with Crippen LogP contribution in [0.25, 0.3) is 10.9 Å². The standard InChI is InChI=1S/C15H18N2O3S/c1-15(7-8-21(19,20)10-15)16-14(18)12-9-17(2)13-6-4-3-5-11(12)13/h3-6,9H,7-8,10H2,1-2H3,(H,16,18). The van der Waals surface area contributed by atoms with Crippen LogP contribution in [-0.2, 0) is 16.9 Å². The van der Waals surface area contributed by atoms with Crippen molar-refractivity contribution in [2.75, 3.05) is 11.5 Å². The first kappa shape index (κ1) is 14.1. The van der Waals surface area contributed by atoms with Crippen LogP contribution in [0.2, 0.25) is 0 Å². The normalized spacial score (nSPS) is 24.3. The minimum absolute atomic E-state index is 0.0104. The first-order valence-electron chi connectivity index (χ1n) is 6.87. The van der Waals surface area contributed by atoms with Gasteiger partial charge in [-0.2, -0.15) is 0 Å². The van der Waals surface area contributed by atoms with Crippen molar-refractivity contribution in [3.63, 3.8) is 0 Å². The van der Waals surface area contributed by atoms with E-state index in [4.69, 9.17) is 0 Å². The second kappa shape index (κ2) is 4.59. The highest BCUT2D eigenvalue weighted by Gasteiger charge is 2.39. The van der Waals surface area contributed by atoms with Crippen LogP contribution in [0.3, 0.4) is 0 Å². The Morgan fingerprint density at radius 3 is 2.71 bits per heavy atom. The van der Waals surface area contributed by atoms with Crippen molar-refractivity contribution in [3.8, 4) is 0 Å². The number of nitrogens with zero attached hydrogens (tertiary/aromatic N) is 1. The topological polar surface area (TPSA) is 68.2 Å². The molecule has 2 aromatic rings. The summed E-state index contributed by atoms with van der Waals surface area (Å²) in [6.07, 6.45) is 2.25. The number of sulfone groups is 1. The Kier molecular flexibility index (Phi) is 3.09. The van der Waals surface area contributed by atoms with Crippen molar-refractivity contribution >= 4 is 26.6 Å². The molecular formula is C15H18N2O3S. The molecule has 2 heterocycles. The second-order valence-corrected chi connectivity index (χ2v) is 8.21. The maximum absolute atomic E-state index is 12.5. The molecule has 3 rings (SSSR count). The number of nitrogens with one attached hydrogen (secondary N) is 1. The quantitative estimate of drug-likeness (QED) is 0.914. The van der Waals surface area contributed by atoms with Crippen molar-refractivity contribution in [2.24, 2.45) is 7.05 Å². The number of carbonyl (C=O) groups is 1. The van der Waals surface area contributed by atoms with Crippen molar-refractivity contribution in [1.29, 1.82) is 0 Å². The predicted molar refractivity (Wildman–Crippen MR) is 82.1 cm³/mol. The zero-order valence-electron chi connectivity index (χ0n) is 12.1. The van der Waals surface area contributed by atoms with Gasteiger partial charge in [-0.05, 0) is 19.4 Å². The molecule has 6 heteroatoms. The number of fused-ring (bicyclic) bond motifs is 1. The monoisotopic (exact) mass is 306 g/mol. The molecule has 0 aliphatic carbocycles. The smallest absolute Gasteiger partial charge is 0.253 e. The van der Waals surface area contributed by atoms with Crippen LogP contribution in [0, 0.1) is 0 Å². The molecule has 0 radical (unpaired) electrons. The van der Waals surface area contributed by atoms with E-state index in [1.54, 1.807) is 13.1 Å². The van der Waals surface area contributed by atoms with Crippen LogP contribution in [0.1, 0.15) is 23.7 Å². The number of para-hydroxylation sites is 1. The van der Waals surface area contributed by atoms with Gasteiger partial charge >= 0.3 is 0 Å². The number of aryl methyl sites for hydroxylation is 1. The lowest BCUT2D eigenvalue weighted by Gasteiger charge is -2.23. The van der Waals surface area contributed by atoms with Crippen LogP contribution >= 0.6 is 0 Å². The fourth-order valence-electron chi connectivity index (χ4n) is 2.97. The van der Waals surface area contributed by atoms with Gasteiger partial charge in [0.2, 0.25) is 0 Å². The number of amides is 1. The Labute approximate surface area is 123 Å². The summed E-state index contributed by atoms with van der Waals surface area (Å²) in [5.41, 5.74) is 0.887. The Morgan fingerprint density at radius 1 is 1.33 bits per heavy atom. The van der Waals surface area contributed by atoms with Gasteiger partial charge in [0.1, 0.15) is 0 Å². The molecule has 0 bridgehead atoms. The number of carbonyl (C=O) groups excluding carboxylic acids is 1. The van der Waals surface area contributed by atoms with E-state index >= 15 is 0 Å². The van der Waals surface area contributed by atoms with Crippen molar-refractivity contribution in [2.45, 2.75) is 18.9 Å². The average molecular weight is 306 g/mol. The van der Waals surface area contributed by atoms with Crippen LogP contribution in [0.5, 0.6) is 0 Å². The molecule has 1 atom stereocenters. The molecule has 1 aromatic heterocycles. The highest BCUT2D eigenvalue weighted by molar-refractivity contribution is 7.91. The van der Waals surface area contributed by atoms with E-state index in [9.17, 15) is 13.2 Å². The minimum atomic E-state index is -3.04. The van der Waals surface area contributed by atoms with E-state index in [-0.39, 0.29) is 17.4 Å². The van der Waals surface area contributed by atoms with E-state index < -0.39 is 15.4 Å². The zero-order valence-corrected chi connectivity index (χ0v) is 12.9. The molecule has 0 spiro atoms. The number of hydrogen-bond donors (Lipinski definition) is 1. The molecule has 1 aliphatic rings. The van der Waals surface area contributed by atoms with Gasteiger partial charge in [-0.25, -0.2) is 8.42 Å². The number of rotatable bonds is 2. The second-order valence-electron chi connectivity index (χ2n) is 6.03. The molecule has 1 saturated heterocycles. The molecule has 1 unspecified atom stereocenters. The zero-order chi connectivity index (χ0) is 15.3. The lowest BCUT2D eigenvalue weighted by atomic mass is 10.0. The summed E-state index contributed by atoms with van der Waals surface area (Å²) in [5, 5.41) is 3.78. The third kappa shape index (κ3) is 2.55. The molecule has 1 aromatic carbocycles. The van der Waals surface area contributed by atoms with E-state index in [1.807, 2.05) is 35.9 Å². The van der Waals surface area contributed by atoms with Crippen molar-refractivity contribution < 1.29 is 13.2 Å². The third-order valence-corrected chi connectivity index (χ3v) is 5.96. The van der Waals surface area contributed by atoms with Gasteiger partial charge in [-0.1, -0.05) is 18.2 Å². The molecule has 112 valence electrons. The van der Waals surface area contributed by atoms with Gasteiger partial charge < -0.3 is 9.88 Å². The first-order chi connectivity index (χ1) is 9.80. The van der Waals surface area contributed by atoms with E-state index in [1.165, 1.54) is 0 Å². The molecule has 1 fully saturated rings. The van der Waals surface area contributed by atoms with Crippen LogP contribution in [0.15, 0.2) is 30.5 Å². The molecule has 21 heavy (non-hydrogen) atoms. The largest absolute Gasteiger partial charge is 0.350 e. The summed E-state index contributed by atoms with van der Waals surface area (Å²) in [6, 6.07) is 7.67. The van der Waals surface area contributed by atoms with Crippen molar-refractivity contribution in [1.82, 2.24) is 9.88 Å². The Hall–Kier alpha value is -1.82. The SMILES string of the molecule is Cn1cc(C(=O)NC2(C)CCS(=O)(=O)C2)c2ccccc21. The third-order valence-electron chi connectivity index (χ3n) is 4.06. The minimum Gasteiger partial charge on any atom is -0.350 e. The lowest BCUT2D eigenvalue weighted by molar-refractivity contribution is 0.0917. The summed E-state index contributed by atoms with van der Waals surface area (Å²) in [7, 11) is -1.15. The first-order valence-corrected chi connectivity index (χ1v) is 8.69. The summed E-state index contributed by atoms with van der Waals surface area (Å²) in [4.78, 5) is 12.5. The molecule has 1 aliphatic heterocycles. The summed E-state index contributed by atoms with van der Waals surface area (Å²) < 4.78 is 25.2. The Balaban J connectivity index is 1.92. The highest BCUT2D eigenvalue weighted by Crippen LogP contribution is 2.25. The van der Waals surface area contributed by atoms with Crippen LogP contribution in [-0.4, -0.2) is 35.9 Å². The van der Waals surface area contributed by atoms with Gasteiger partial charge in [0.05, 0.1) is 22.6 Å². The molecule has 1 N–H and O–H groups in total. The fraction of sp³-hybridized carbons (Fsp3) is 0.400. The Morgan fingerprint density at radius 2 is 2.05 bits per heavy atom. The average Bonchev–Trinajstić information content (AvgIpc) is 2.88. The summed E-state index contributed by atoms with van der Waals surface area (Å²) in [6.45, 7) is 1.79. The molecule has 5 nitrogen and oxygen atoms in total. The molecule has 1 amide bonds. The fourth-order valence-corrected chi connectivity index (χ4v) is 5.07. The molecular weight excluding hydrogens is 288 g/mol. The van der Waals surface area contributed by atoms with Crippen molar-refractivity contribution in [3.05, 3.63) is 36.0 Å². The van der Waals surface area contributed by atoms with E-state index in [0.29, 0.717) is 12.0 Å². The maximum atomic E-state index is 12.5. The van der Waals surface area contributed by atoms with Crippen LogP contribution in [0.4, 0.5) is 0 Å². The van der Waals surface area contributed by atoms with E-state index in [2.05, 4.69) is 5.32 Å². The number of aromatic nitrogens is 1. The lowest BCUT2D eigenvalue weighted by Crippen LogP contribution is -2.46. The van der Waals surface area contributed by atoms with Gasteiger partial charge in [0, 0.05) is 24.1 Å². The van der Waals surface area contributed by atoms with Crippen LogP contribution < -0.4 is 5.32 Å². The number of benzene rings is 1. The van der Waals surface area contributed by atoms with E-state index in [0.717, 1.165) is 10.9 Å². The maximum Gasteiger partial charge on any atom is 0.253 e. The predicted octanol–water partition coefficient (Wildman–Crippen LogP) is 1.49. The number of hydrogen-bond acceptors (Lipinski definition) is 3. The van der Waals surface area contributed by atoms with Gasteiger partial charge in [-0.3, -0.25) is 4.79 Å². The van der Waals surface area contributed by atoms with Gasteiger partial charge in [0.15, 0.2) is 9.84 Å². The Bertz CT molecular complexity index is 823. The van der Waals surface area contributed by atoms with Gasteiger partial charge in [0.25, 0.3) is 5.91 Å². The summed E-state index contributed by atoms with van der Waals surface area (Å²) >= 11 is 0. The highest BCUT2D eigenvalue weighted by atomic mass is 32.2. The summed E-state index contributed by atoms with van der Waals surface area (Å²) in [5.74, 6) is -0.0677.